The second-order valence-corrected chi connectivity index (χ2v) is 6.44. The topological polar surface area (TPSA) is 58.3 Å². The normalized spacial score (nSPS) is 20.8. The molecule has 2 aromatic rings. The zero-order valence-electron chi connectivity index (χ0n) is 12.0. The summed E-state index contributed by atoms with van der Waals surface area (Å²) in [6, 6.07) is 2.57. The lowest BCUT2D eigenvalue weighted by molar-refractivity contribution is 0.269. The summed E-state index contributed by atoms with van der Waals surface area (Å²) in [5, 5.41) is 1.18. The van der Waals surface area contributed by atoms with Crippen LogP contribution in [0.25, 0.3) is 10.2 Å². The number of aromatic nitrogens is 2. The average Bonchev–Trinajstić information content (AvgIpc) is 2.90. The van der Waals surface area contributed by atoms with Gasteiger partial charge >= 0.3 is 0 Å². The van der Waals surface area contributed by atoms with Crippen LogP contribution >= 0.6 is 11.3 Å². The highest BCUT2D eigenvalue weighted by Crippen LogP contribution is 2.31. The predicted octanol–water partition coefficient (Wildman–Crippen LogP) is 1.33. The smallest absolute Gasteiger partial charge is 0.141 e. The number of nitrogens with two attached hydrogens (primary N) is 1. The molecule has 5 nitrogen and oxygen atoms in total. The molecule has 1 atom stereocenters. The number of rotatable bonds is 3. The fourth-order valence-electron chi connectivity index (χ4n) is 2.79. The Morgan fingerprint density at radius 3 is 3.00 bits per heavy atom. The van der Waals surface area contributed by atoms with Crippen LogP contribution in [0.1, 0.15) is 11.8 Å². The van der Waals surface area contributed by atoms with Gasteiger partial charge in [0.1, 0.15) is 17.0 Å². The van der Waals surface area contributed by atoms with Gasteiger partial charge in [0.05, 0.1) is 11.4 Å². The van der Waals surface area contributed by atoms with Crippen LogP contribution in [0.4, 0.5) is 5.82 Å². The molecule has 0 spiro atoms. The second kappa shape index (κ2) is 5.63. The molecule has 0 aromatic carbocycles. The van der Waals surface area contributed by atoms with Crippen molar-refractivity contribution in [2.24, 2.45) is 5.73 Å². The van der Waals surface area contributed by atoms with Crippen LogP contribution in [0.3, 0.4) is 0 Å². The molecule has 6 heteroatoms. The maximum absolute atomic E-state index is 5.96. The van der Waals surface area contributed by atoms with Crippen molar-refractivity contribution < 1.29 is 0 Å². The van der Waals surface area contributed by atoms with Crippen molar-refractivity contribution >= 4 is 27.4 Å². The van der Waals surface area contributed by atoms with Crippen molar-refractivity contribution in [3.63, 3.8) is 0 Å². The molecule has 3 heterocycles. The maximum Gasteiger partial charge on any atom is 0.141 e. The maximum atomic E-state index is 5.96. The Kier molecular flexibility index (Phi) is 3.87. The van der Waals surface area contributed by atoms with Crippen molar-refractivity contribution in [2.45, 2.75) is 19.4 Å². The predicted molar refractivity (Wildman–Crippen MR) is 84.5 cm³/mol. The van der Waals surface area contributed by atoms with E-state index in [4.69, 9.17) is 5.73 Å². The van der Waals surface area contributed by atoms with E-state index in [-0.39, 0.29) is 0 Å². The Hall–Kier alpha value is -1.24. The highest BCUT2D eigenvalue weighted by atomic mass is 32.1. The van der Waals surface area contributed by atoms with Gasteiger partial charge < -0.3 is 15.5 Å². The van der Waals surface area contributed by atoms with Crippen molar-refractivity contribution in [3.8, 4) is 0 Å². The van der Waals surface area contributed by atoms with Gasteiger partial charge in [0, 0.05) is 31.1 Å². The number of likely N-dealkylation sites (N-methyl/N-ethyl adjacent to an activating group) is 1. The van der Waals surface area contributed by atoms with Gasteiger partial charge in [-0.05, 0) is 19.5 Å². The molecule has 0 radical (unpaired) electrons. The zero-order valence-corrected chi connectivity index (χ0v) is 12.9. The minimum Gasteiger partial charge on any atom is -0.349 e. The summed E-state index contributed by atoms with van der Waals surface area (Å²) in [6.07, 6.45) is 2.73. The van der Waals surface area contributed by atoms with Gasteiger partial charge in [0.25, 0.3) is 0 Å². The Bertz CT molecular complexity index is 596. The van der Waals surface area contributed by atoms with Gasteiger partial charge in [-0.25, -0.2) is 9.97 Å². The number of anilines is 1. The molecule has 20 heavy (non-hydrogen) atoms. The van der Waals surface area contributed by atoms with E-state index in [1.165, 1.54) is 10.3 Å². The highest BCUT2D eigenvalue weighted by Gasteiger charge is 2.26. The van der Waals surface area contributed by atoms with E-state index in [2.05, 4.69) is 39.8 Å². The molecule has 1 aliphatic rings. The lowest BCUT2D eigenvalue weighted by Gasteiger charge is -2.40. The third-order valence-electron chi connectivity index (χ3n) is 3.94. The number of thiophene rings is 1. The lowest BCUT2D eigenvalue weighted by Crippen LogP contribution is -2.55. The number of nitrogens with zero attached hydrogens (tertiary/aromatic N) is 4. The van der Waals surface area contributed by atoms with Crippen LogP contribution in [0.2, 0.25) is 0 Å². The molecule has 1 fully saturated rings. The van der Waals surface area contributed by atoms with E-state index < -0.39 is 0 Å². The van der Waals surface area contributed by atoms with Crippen LogP contribution in [-0.4, -0.2) is 54.1 Å². The number of fused-ring (bicyclic) bond motifs is 1. The fourth-order valence-corrected chi connectivity index (χ4v) is 3.72. The fraction of sp³-hybridized carbons (Fsp3) is 0.571. The Balaban J connectivity index is 2.02. The van der Waals surface area contributed by atoms with Crippen LogP contribution in [-0.2, 0) is 6.42 Å². The minimum atomic E-state index is 0.330. The van der Waals surface area contributed by atoms with Crippen LogP contribution in [0.15, 0.2) is 12.4 Å². The number of hydrogen-bond acceptors (Lipinski definition) is 6. The summed E-state index contributed by atoms with van der Waals surface area (Å²) in [7, 11) is 2.15. The van der Waals surface area contributed by atoms with Crippen molar-refractivity contribution in [1.82, 2.24) is 14.9 Å². The Morgan fingerprint density at radius 1 is 1.40 bits per heavy atom. The van der Waals surface area contributed by atoms with E-state index in [9.17, 15) is 0 Å². The standard InChI is InChI=1S/C14H21N5S/c1-3-11-6-12-13(16-9-17-14(12)20-11)19-5-4-18(2)8-10(19)7-15/h6,9-10H,3-5,7-8,15H2,1-2H3. The zero-order chi connectivity index (χ0) is 14.1. The molecule has 0 aliphatic carbocycles. The Labute approximate surface area is 123 Å². The van der Waals surface area contributed by atoms with E-state index in [1.54, 1.807) is 17.7 Å². The summed E-state index contributed by atoms with van der Waals surface area (Å²) in [5.74, 6) is 1.05. The molecule has 1 aliphatic heterocycles. The Morgan fingerprint density at radius 2 is 2.25 bits per heavy atom. The molecule has 1 unspecified atom stereocenters. The average molecular weight is 291 g/mol. The molecule has 3 rings (SSSR count). The quantitative estimate of drug-likeness (QED) is 0.924. The first-order valence-electron chi connectivity index (χ1n) is 7.11. The molecule has 2 N–H and O–H groups in total. The molecule has 0 saturated carbocycles. The third kappa shape index (κ3) is 2.39. The monoisotopic (exact) mass is 291 g/mol. The first-order valence-corrected chi connectivity index (χ1v) is 7.93. The number of aryl methyl sites for hydroxylation is 1. The number of piperazine rings is 1. The van der Waals surface area contributed by atoms with Gasteiger partial charge in [-0.1, -0.05) is 6.92 Å². The van der Waals surface area contributed by atoms with Gasteiger partial charge in [0.15, 0.2) is 0 Å². The second-order valence-electron chi connectivity index (χ2n) is 5.33. The summed E-state index contributed by atoms with van der Waals surface area (Å²) < 4.78 is 0. The van der Waals surface area contributed by atoms with Gasteiger partial charge in [-0.3, -0.25) is 0 Å². The number of hydrogen-bond donors (Lipinski definition) is 1. The molecule has 0 bridgehead atoms. The van der Waals surface area contributed by atoms with E-state index in [1.807, 2.05) is 0 Å². The van der Waals surface area contributed by atoms with E-state index >= 15 is 0 Å². The van der Waals surface area contributed by atoms with Crippen molar-refractivity contribution in [2.75, 3.05) is 38.1 Å². The molecule has 0 amide bonds. The first-order chi connectivity index (χ1) is 9.72. The largest absolute Gasteiger partial charge is 0.349 e. The highest BCUT2D eigenvalue weighted by molar-refractivity contribution is 7.18. The van der Waals surface area contributed by atoms with Crippen LogP contribution < -0.4 is 10.6 Å². The van der Waals surface area contributed by atoms with Gasteiger partial charge in [0.2, 0.25) is 0 Å². The van der Waals surface area contributed by atoms with Crippen molar-refractivity contribution in [3.05, 3.63) is 17.3 Å². The molecule has 1 saturated heterocycles. The summed E-state index contributed by atoms with van der Waals surface area (Å²) in [4.78, 5) is 16.1. The molecule has 108 valence electrons. The molecule has 2 aromatic heterocycles. The third-order valence-corrected chi connectivity index (χ3v) is 5.13. The summed E-state index contributed by atoms with van der Waals surface area (Å²) >= 11 is 1.77. The molecular formula is C14H21N5S. The first kappa shape index (κ1) is 13.7. The van der Waals surface area contributed by atoms with E-state index in [0.29, 0.717) is 12.6 Å². The van der Waals surface area contributed by atoms with Crippen LogP contribution in [0.5, 0.6) is 0 Å². The summed E-state index contributed by atoms with van der Waals surface area (Å²) in [6.45, 7) is 5.85. The minimum absolute atomic E-state index is 0.330. The van der Waals surface area contributed by atoms with E-state index in [0.717, 1.165) is 36.7 Å². The summed E-state index contributed by atoms with van der Waals surface area (Å²) in [5.41, 5.74) is 5.96. The lowest BCUT2D eigenvalue weighted by atomic mass is 10.1. The van der Waals surface area contributed by atoms with Gasteiger partial charge in [-0.2, -0.15) is 0 Å². The SMILES string of the molecule is CCc1cc2c(N3CCN(C)CC3CN)ncnc2s1. The van der Waals surface area contributed by atoms with Crippen LogP contribution in [0, 0.1) is 0 Å². The van der Waals surface area contributed by atoms with Crippen molar-refractivity contribution in [1.29, 1.82) is 0 Å². The molecular weight excluding hydrogens is 270 g/mol. The van der Waals surface area contributed by atoms with Gasteiger partial charge in [-0.15, -0.1) is 11.3 Å².